The second-order valence-corrected chi connectivity index (χ2v) is 7.54. The van der Waals surface area contributed by atoms with Crippen LogP contribution in [-0.4, -0.2) is 67.3 Å². The van der Waals surface area contributed by atoms with Gasteiger partial charge >= 0.3 is 6.03 Å². The van der Waals surface area contributed by atoms with E-state index >= 15 is 0 Å². The van der Waals surface area contributed by atoms with Crippen molar-refractivity contribution in [2.45, 2.75) is 52.2 Å². The Morgan fingerprint density at radius 2 is 1.95 bits per heavy atom. The quantitative estimate of drug-likeness (QED) is 0.786. The summed E-state index contributed by atoms with van der Waals surface area (Å²) < 4.78 is 0. The molecule has 1 aliphatic carbocycles. The lowest BCUT2D eigenvalue weighted by atomic mass is 9.85. The Morgan fingerprint density at radius 1 is 1.33 bits per heavy atom. The molecule has 0 saturated heterocycles. The summed E-state index contributed by atoms with van der Waals surface area (Å²) in [6.45, 7) is 7.93. The van der Waals surface area contributed by atoms with E-state index in [2.05, 4.69) is 31.0 Å². The maximum atomic E-state index is 12.3. The maximum absolute atomic E-state index is 12.3. The second kappa shape index (κ2) is 7.45. The highest BCUT2D eigenvalue weighted by molar-refractivity contribution is 5.74. The zero-order valence-electron chi connectivity index (χ0n) is 14.5. The van der Waals surface area contributed by atoms with E-state index < -0.39 is 0 Å². The highest BCUT2D eigenvalue weighted by atomic mass is 16.3. The summed E-state index contributed by atoms with van der Waals surface area (Å²) in [4.78, 5) is 16.1. The van der Waals surface area contributed by atoms with Gasteiger partial charge in [0.05, 0.1) is 6.10 Å². The molecular weight excluding hydrogens is 266 g/mol. The van der Waals surface area contributed by atoms with Crippen LogP contribution in [0.4, 0.5) is 4.79 Å². The van der Waals surface area contributed by atoms with Crippen LogP contribution in [0.1, 0.15) is 40.0 Å². The molecule has 0 aromatic rings. The highest BCUT2D eigenvalue weighted by Gasteiger charge is 2.30. The van der Waals surface area contributed by atoms with E-state index in [9.17, 15) is 9.90 Å². The van der Waals surface area contributed by atoms with E-state index in [-0.39, 0.29) is 29.5 Å². The Hall–Kier alpha value is -0.810. The molecule has 0 aromatic carbocycles. The Kier molecular flexibility index (Phi) is 6.47. The van der Waals surface area contributed by atoms with Crippen molar-refractivity contribution in [1.82, 2.24) is 15.1 Å². The van der Waals surface area contributed by atoms with Gasteiger partial charge in [-0.25, -0.2) is 4.79 Å². The zero-order valence-corrected chi connectivity index (χ0v) is 14.5. The number of carbonyl (C=O) groups excluding carboxylic acids is 1. The number of hydrogen-bond donors (Lipinski definition) is 2. The number of aliphatic hydroxyl groups excluding tert-OH is 1. The van der Waals surface area contributed by atoms with Crippen molar-refractivity contribution in [3.05, 3.63) is 0 Å². The molecule has 0 spiro atoms. The van der Waals surface area contributed by atoms with Gasteiger partial charge in [-0.15, -0.1) is 0 Å². The molecule has 1 rings (SSSR count). The van der Waals surface area contributed by atoms with Gasteiger partial charge in [-0.2, -0.15) is 0 Å². The molecule has 5 nitrogen and oxygen atoms in total. The molecule has 124 valence electrons. The average Bonchev–Trinajstić information content (AvgIpc) is 2.73. The molecule has 3 unspecified atom stereocenters. The normalized spacial score (nSPS) is 24.2. The first-order valence-corrected chi connectivity index (χ1v) is 7.98. The topological polar surface area (TPSA) is 55.8 Å². The number of carbonyl (C=O) groups is 1. The number of rotatable bonds is 6. The van der Waals surface area contributed by atoms with Crippen LogP contribution in [0, 0.1) is 11.3 Å². The number of amides is 2. The molecule has 5 heteroatoms. The Labute approximate surface area is 129 Å². The fraction of sp³-hybridized carbons (Fsp3) is 0.938. The smallest absolute Gasteiger partial charge is 0.317 e. The molecule has 2 amide bonds. The van der Waals surface area contributed by atoms with Gasteiger partial charge in [-0.05, 0) is 39.3 Å². The molecule has 2 N–H and O–H groups in total. The third kappa shape index (κ3) is 5.47. The van der Waals surface area contributed by atoms with Crippen LogP contribution in [0.5, 0.6) is 0 Å². The van der Waals surface area contributed by atoms with Crippen LogP contribution in [0.25, 0.3) is 0 Å². The van der Waals surface area contributed by atoms with E-state index in [0.717, 1.165) is 25.8 Å². The molecule has 0 radical (unpaired) electrons. The number of aliphatic hydroxyl groups is 1. The van der Waals surface area contributed by atoms with Gasteiger partial charge in [-0.3, -0.25) is 0 Å². The zero-order chi connectivity index (χ0) is 16.2. The molecule has 0 heterocycles. The first kappa shape index (κ1) is 18.2. The van der Waals surface area contributed by atoms with Gasteiger partial charge in [0.15, 0.2) is 0 Å². The number of nitrogens with zero attached hydrogens (tertiary/aromatic N) is 2. The van der Waals surface area contributed by atoms with Crippen LogP contribution in [0.2, 0.25) is 0 Å². The van der Waals surface area contributed by atoms with Crippen molar-refractivity contribution in [3.63, 3.8) is 0 Å². The van der Waals surface area contributed by atoms with E-state index in [4.69, 9.17) is 0 Å². The SMILES string of the molecule is CC(NC(=O)N(C)CC1CCCC1O)C(C)(C)CN(C)C. The van der Waals surface area contributed by atoms with Crippen LogP contribution in [-0.2, 0) is 0 Å². The summed E-state index contributed by atoms with van der Waals surface area (Å²) in [7, 11) is 5.90. The maximum Gasteiger partial charge on any atom is 0.317 e. The second-order valence-electron chi connectivity index (χ2n) is 7.54. The molecule has 1 fully saturated rings. The van der Waals surface area contributed by atoms with Crippen molar-refractivity contribution in [3.8, 4) is 0 Å². The molecule has 3 atom stereocenters. The van der Waals surface area contributed by atoms with Crippen molar-refractivity contribution in [1.29, 1.82) is 0 Å². The largest absolute Gasteiger partial charge is 0.393 e. The minimum Gasteiger partial charge on any atom is -0.393 e. The van der Waals surface area contributed by atoms with Crippen molar-refractivity contribution in [2.75, 3.05) is 34.2 Å². The van der Waals surface area contributed by atoms with E-state index in [1.54, 1.807) is 4.90 Å². The monoisotopic (exact) mass is 299 g/mol. The molecule has 0 bridgehead atoms. The van der Waals surface area contributed by atoms with Gasteiger partial charge in [0.1, 0.15) is 0 Å². The molecule has 21 heavy (non-hydrogen) atoms. The van der Waals surface area contributed by atoms with Crippen LogP contribution in [0.15, 0.2) is 0 Å². The van der Waals surface area contributed by atoms with Gasteiger partial charge in [0.2, 0.25) is 0 Å². The fourth-order valence-corrected chi connectivity index (χ4v) is 3.11. The Morgan fingerprint density at radius 3 is 2.43 bits per heavy atom. The lowest BCUT2D eigenvalue weighted by Crippen LogP contribution is -2.51. The van der Waals surface area contributed by atoms with E-state index in [0.29, 0.717) is 6.54 Å². The van der Waals surface area contributed by atoms with E-state index in [1.807, 2.05) is 21.1 Å². The van der Waals surface area contributed by atoms with Crippen molar-refractivity contribution < 1.29 is 9.90 Å². The van der Waals surface area contributed by atoms with Gasteiger partial charge in [-0.1, -0.05) is 20.3 Å². The summed E-state index contributed by atoms with van der Waals surface area (Å²) in [6, 6.07) is 0.0387. The molecule has 0 aliphatic heterocycles. The van der Waals surface area contributed by atoms with Crippen LogP contribution >= 0.6 is 0 Å². The predicted molar refractivity (Wildman–Crippen MR) is 86.3 cm³/mol. The summed E-state index contributed by atoms with van der Waals surface area (Å²) in [5.74, 6) is 0.228. The number of nitrogens with one attached hydrogen (secondary N) is 1. The summed E-state index contributed by atoms with van der Waals surface area (Å²) >= 11 is 0. The number of hydrogen-bond acceptors (Lipinski definition) is 3. The molecule has 0 aromatic heterocycles. The summed E-state index contributed by atoms with van der Waals surface area (Å²) in [5.41, 5.74) is 0.00682. The lowest BCUT2D eigenvalue weighted by molar-refractivity contribution is 0.111. The average molecular weight is 299 g/mol. The highest BCUT2D eigenvalue weighted by Crippen LogP contribution is 2.26. The lowest BCUT2D eigenvalue weighted by Gasteiger charge is -2.36. The van der Waals surface area contributed by atoms with E-state index in [1.165, 1.54) is 0 Å². The van der Waals surface area contributed by atoms with Crippen LogP contribution in [0.3, 0.4) is 0 Å². The standard InChI is InChI=1S/C16H33N3O2/c1-12(16(2,3)11-18(4)5)17-15(21)19(6)10-13-8-7-9-14(13)20/h12-14,20H,7-11H2,1-6H3,(H,17,21). The predicted octanol–water partition coefficient (Wildman–Crippen LogP) is 1.77. The number of urea groups is 1. The fourth-order valence-electron chi connectivity index (χ4n) is 3.11. The summed E-state index contributed by atoms with van der Waals surface area (Å²) in [6.07, 6.45) is 2.70. The Bertz CT molecular complexity index is 344. The van der Waals surface area contributed by atoms with Crippen molar-refractivity contribution >= 4 is 6.03 Å². The minimum atomic E-state index is -0.247. The van der Waals surface area contributed by atoms with Crippen molar-refractivity contribution in [2.24, 2.45) is 11.3 Å². The van der Waals surface area contributed by atoms with Crippen LogP contribution < -0.4 is 5.32 Å². The summed E-state index contributed by atoms with van der Waals surface area (Å²) in [5, 5.41) is 13.0. The third-order valence-corrected chi connectivity index (χ3v) is 4.71. The Balaban J connectivity index is 2.47. The first-order valence-electron chi connectivity index (χ1n) is 7.98. The van der Waals surface area contributed by atoms with Gasteiger partial charge < -0.3 is 20.2 Å². The van der Waals surface area contributed by atoms with Gasteiger partial charge in [0.25, 0.3) is 0 Å². The molecule has 1 saturated carbocycles. The van der Waals surface area contributed by atoms with Gasteiger partial charge in [0, 0.05) is 32.1 Å². The molecule has 1 aliphatic rings. The third-order valence-electron chi connectivity index (χ3n) is 4.71. The molecular formula is C16H33N3O2. The first-order chi connectivity index (χ1) is 9.63. The minimum absolute atomic E-state index is 0.00682.